The van der Waals surface area contributed by atoms with Gasteiger partial charge in [0.15, 0.2) is 0 Å². The maximum atomic E-state index is 13.2. The summed E-state index contributed by atoms with van der Waals surface area (Å²) in [5.74, 6) is -2.96. The Morgan fingerprint density at radius 3 is 2.44 bits per heavy atom. The van der Waals surface area contributed by atoms with Crippen molar-refractivity contribution in [1.82, 2.24) is 20.1 Å². The van der Waals surface area contributed by atoms with Gasteiger partial charge >= 0.3 is 24.1 Å². The number of H-pyrrole nitrogens is 1. The molecule has 0 radical (unpaired) electrons. The lowest BCUT2D eigenvalue weighted by Crippen LogP contribution is -2.58. The van der Waals surface area contributed by atoms with Gasteiger partial charge in [0.05, 0.1) is 5.54 Å². The molecular formula is C28H31F3N4O6. The van der Waals surface area contributed by atoms with Gasteiger partial charge < -0.3 is 30.2 Å². The monoisotopic (exact) mass is 576 g/mol. The molecule has 1 spiro atoms. The summed E-state index contributed by atoms with van der Waals surface area (Å²) in [4.78, 5) is 41.0. The molecule has 10 nitrogen and oxygen atoms in total. The summed E-state index contributed by atoms with van der Waals surface area (Å²) in [5.41, 5.74) is 4.11. The average molecular weight is 577 g/mol. The first-order valence-corrected chi connectivity index (χ1v) is 13.0. The van der Waals surface area contributed by atoms with Crippen LogP contribution < -0.4 is 10.1 Å². The van der Waals surface area contributed by atoms with Crippen LogP contribution in [0.4, 0.5) is 18.0 Å². The molecule has 2 aliphatic rings. The van der Waals surface area contributed by atoms with E-state index in [9.17, 15) is 22.8 Å². The van der Waals surface area contributed by atoms with Crippen LogP contribution in [0.2, 0.25) is 0 Å². The minimum absolute atomic E-state index is 0.328. The van der Waals surface area contributed by atoms with E-state index < -0.39 is 30.2 Å². The van der Waals surface area contributed by atoms with Gasteiger partial charge in [0.2, 0.25) is 0 Å². The van der Waals surface area contributed by atoms with Crippen LogP contribution in [0.5, 0.6) is 5.75 Å². The quantitative estimate of drug-likeness (QED) is 0.351. The van der Waals surface area contributed by atoms with Crippen molar-refractivity contribution in [2.24, 2.45) is 0 Å². The highest BCUT2D eigenvalue weighted by molar-refractivity contribution is 5.89. The molecule has 3 heterocycles. The Morgan fingerprint density at radius 2 is 1.78 bits per heavy atom. The maximum Gasteiger partial charge on any atom is 0.490 e. The molecule has 2 aromatic carbocycles. The number of aryl methyl sites for hydroxylation is 1. The van der Waals surface area contributed by atoms with Gasteiger partial charge in [-0.25, -0.2) is 9.59 Å². The lowest BCUT2D eigenvalue weighted by Gasteiger charge is -2.44. The smallest absolute Gasteiger partial charge is 0.490 e. The van der Waals surface area contributed by atoms with Crippen molar-refractivity contribution >= 4 is 28.9 Å². The Labute approximate surface area is 233 Å². The second-order valence-corrected chi connectivity index (χ2v) is 9.95. The third-order valence-corrected chi connectivity index (χ3v) is 7.34. The second-order valence-electron chi connectivity index (χ2n) is 9.95. The number of nitrogens with zero attached hydrogens (tertiary/aromatic N) is 2. The number of carboxylic acids is 2. The van der Waals surface area contributed by atoms with Gasteiger partial charge in [-0.15, -0.1) is 0 Å². The molecule has 0 aliphatic carbocycles. The number of rotatable bonds is 6. The molecular weight excluding hydrogens is 545 g/mol. The number of aromatic nitrogens is 1. The number of aliphatic carboxylic acids is 2. The van der Waals surface area contributed by atoms with Crippen LogP contribution in [0.1, 0.15) is 23.2 Å². The van der Waals surface area contributed by atoms with Crippen molar-refractivity contribution in [3.8, 4) is 5.75 Å². The number of benzene rings is 2. The first-order chi connectivity index (χ1) is 19.4. The van der Waals surface area contributed by atoms with Crippen molar-refractivity contribution in [3.05, 3.63) is 65.4 Å². The van der Waals surface area contributed by atoms with Crippen molar-refractivity contribution in [1.29, 1.82) is 0 Å². The van der Waals surface area contributed by atoms with Crippen LogP contribution >= 0.6 is 0 Å². The Hall–Kier alpha value is -4.26. The summed E-state index contributed by atoms with van der Waals surface area (Å²) in [6.07, 6.45) is -3.57. The number of halogens is 3. The average Bonchev–Trinajstić information content (AvgIpc) is 3.52. The van der Waals surface area contributed by atoms with E-state index in [-0.39, 0.29) is 6.03 Å². The first-order valence-electron chi connectivity index (χ1n) is 13.0. The molecule has 1 unspecified atom stereocenters. The van der Waals surface area contributed by atoms with Crippen LogP contribution in [0, 0.1) is 6.92 Å². The van der Waals surface area contributed by atoms with Crippen LogP contribution in [-0.4, -0.2) is 88.5 Å². The second kappa shape index (κ2) is 12.1. The number of carboxylic acid groups (broad SMARTS) is 2. The summed E-state index contributed by atoms with van der Waals surface area (Å²) in [5, 5.41) is 20.0. The normalized spacial score (nSPS) is 18.5. The number of aromatic amines is 1. The number of urea groups is 1. The van der Waals surface area contributed by atoms with Gasteiger partial charge in [-0.3, -0.25) is 9.69 Å². The number of hydrogen-bond donors (Lipinski definition) is 4. The summed E-state index contributed by atoms with van der Waals surface area (Å²) in [6.45, 7) is 5.06. The molecule has 220 valence electrons. The largest absolute Gasteiger partial charge is 0.492 e. The van der Waals surface area contributed by atoms with Gasteiger partial charge in [0.25, 0.3) is 0 Å². The number of hydrogen-bond acceptors (Lipinski definition) is 5. The number of amides is 2. The van der Waals surface area contributed by atoms with E-state index in [4.69, 9.17) is 19.7 Å². The predicted molar refractivity (Wildman–Crippen MR) is 143 cm³/mol. The van der Waals surface area contributed by atoms with Crippen LogP contribution in [0.25, 0.3) is 10.9 Å². The van der Waals surface area contributed by atoms with Crippen molar-refractivity contribution in [2.75, 3.05) is 39.3 Å². The number of carbonyl (C=O) groups is 3. The van der Waals surface area contributed by atoms with E-state index >= 15 is 0 Å². The summed E-state index contributed by atoms with van der Waals surface area (Å²) in [6, 6.07) is 15.7. The summed E-state index contributed by atoms with van der Waals surface area (Å²) >= 11 is 0. The van der Waals surface area contributed by atoms with Crippen LogP contribution in [0.15, 0.2) is 48.5 Å². The zero-order chi connectivity index (χ0) is 29.8. The highest BCUT2D eigenvalue weighted by Gasteiger charge is 2.51. The number of carbonyl (C=O) groups excluding carboxylic acids is 1. The molecule has 1 fully saturated rings. The fraction of sp³-hybridized carbons (Fsp3) is 0.393. The fourth-order valence-electron chi connectivity index (χ4n) is 5.49. The standard InChI is InChI=1S/C26H30N4O4.C2HF3O2/c1-18-6-5-9-20-21-10-12-30(25(33)27-16-22(31)32)26(24(21)28-23(18)20)11-13-29(17-26)14-15-34-19-7-3-2-4-8-19;3-2(4,5)1(6)7/h2-9,28H,10-17H2,1H3,(H,27,33)(H,31,32);(H,6,7). The first kappa shape index (κ1) is 29.7. The minimum Gasteiger partial charge on any atom is -0.492 e. The lowest BCUT2D eigenvalue weighted by molar-refractivity contribution is -0.192. The molecule has 0 saturated carbocycles. The van der Waals surface area contributed by atoms with E-state index in [1.807, 2.05) is 35.2 Å². The SMILES string of the molecule is Cc1cccc2c3c([nH]c12)C1(CCN(CCOc2ccccc2)C1)N(C(=O)NCC(=O)O)CC3.O=C(O)C(F)(F)F. The van der Waals surface area contributed by atoms with Gasteiger partial charge in [-0.1, -0.05) is 36.4 Å². The Bertz CT molecular complexity index is 1410. The Morgan fingerprint density at radius 1 is 1.07 bits per heavy atom. The molecule has 2 aliphatic heterocycles. The highest BCUT2D eigenvalue weighted by Crippen LogP contribution is 2.45. The number of para-hydroxylation sites is 2. The molecule has 1 atom stereocenters. The molecule has 41 heavy (non-hydrogen) atoms. The Balaban J connectivity index is 0.000000493. The van der Waals surface area contributed by atoms with E-state index in [0.717, 1.165) is 42.9 Å². The van der Waals surface area contributed by atoms with E-state index in [1.54, 1.807) is 0 Å². The molecule has 0 bridgehead atoms. The topological polar surface area (TPSA) is 135 Å². The van der Waals surface area contributed by atoms with Crippen molar-refractivity contribution in [3.63, 3.8) is 0 Å². The van der Waals surface area contributed by atoms with Gasteiger partial charge in [0, 0.05) is 42.8 Å². The van der Waals surface area contributed by atoms with E-state index in [2.05, 4.69) is 40.3 Å². The van der Waals surface area contributed by atoms with E-state index in [1.165, 1.54) is 16.5 Å². The van der Waals surface area contributed by atoms with Crippen LogP contribution in [0.3, 0.4) is 0 Å². The van der Waals surface area contributed by atoms with E-state index in [0.29, 0.717) is 19.7 Å². The van der Waals surface area contributed by atoms with Gasteiger partial charge in [-0.2, -0.15) is 13.2 Å². The molecule has 5 rings (SSSR count). The van der Waals surface area contributed by atoms with Crippen molar-refractivity contribution in [2.45, 2.75) is 31.5 Å². The van der Waals surface area contributed by atoms with Gasteiger partial charge in [0.1, 0.15) is 18.9 Å². The van der Waals surface area contributed by atoms with Crippen molar-refractivity contribution < 1.29 is 42.5 Å². The summed E-state index contributed by atoms with van der Waals surface area (Å²) in [7, 11) is 0. The number of nitrogens with one attached hydrogen (secondary N) is 2. The highest BCUT2D eigenvalue weighted by atomic mass is 19.4. The third-order valence-electron chi connectivity index (χ3n) is 7.34. The summed E-state index contributed by atoms with van der Waals surface area (Å²) < 4.78 is 37.6. The minimum atomic E-state index is -5.08. The Kier molecular flexibility index (Phi) is 8.76. The van der Waals surface area contributed by atoms with Crippen LogP contribution in [-0.2, 0) is 21.5 Å². The van der Waals surface area contributed by atoms with Gasteiger partial charge in [-0.05, 0) is 43.0 Å². The predicted octanol–water partition coefficient (Wildman–Crippen LogP) is 3.74. The number of likely N-dealkylation sites (tertiary alicyclic amines) is 1. The molecule has 4 N–H and O–H groups in total. The molecule has 1 aromatic heterocycles. The third kappa shape index (κ3) is 6.56. The molecule has 13 heteroatoms. The molecule has 1 saturated heterocycles. The fourth-order valence-corrected chi connectivity index (χ4v) is 5.49. The number of alkyl halides is 3. The number of fused-ring (bicyclic) bond motifs is 4. The number of ether oxygens (including phenoxy) is 1. The zero-order valence-electron chi connectivity index (χ0n) is 22.3. The molecule has 3 aromatic rings. The molecule has 2 amide bonds. The maximum absolute atomic E-state index is 13.2. The lowest BCUT2D eigenvalue weighted by atomic mass is 9.84. The zero-order valence-corrected chi connectivity index (χ0v) is 22.3.